The quantitative estimate of drug-likeness (QED) is 0.343. The Morgan fingerprint density at radius 2 is 1.80 bits per heavy atom. The van der Waals surface area contributed by atoms with Gasteiger partial charge in [0.1, 0.15) is 14.9 Å². The van der Waals surface area contributed by atoms with E-state index in [1.165, 1.54) is 6.20 Å². The van der Waals surface area contributed by atoms with Crippen LogP contribution in [0.2, 0.25) is 0 Å². The van der Waals surface area contributed by atoms with E-state index in [1.54, 1.807) is 35.1 Å². The Labute approximate surface area is 159 Å². The molecular formula is C17H9Br2N5O. The largest absolute Gasteiger partial charge is 0.287 e. The van der Waals surface area contributed by atoms with Gasteiger partial charge in [0.25, 0.3) is 0 Å². The van der Waals surface area contributed by atoms with Crippen molar-refractivity contribution in [2.24, 2.45) is 0 Å². The highest BCUT2D eigenvalue weighted by Crippen LogP contribution is 2.26. The van der Waals surface area contributed by atoms with Gasteiger partial charge in [-0.1, -0.05) is 6.07 Å². The Morgan fingerprint density at radius 1 is 1.00 bits per heavy atom. The summed E-state index contributed by atoms with van der Waals surface area (Å²) < 4.78 is 3.03. The average molecular weight is 459 g/mol. The molecule has 4 heterocycles. The van der Waals surface area contributed by atoms with Crippen LogP contribution in [-0.4, -0.2) is 30.3 Å². The molecule has 4 aromatic rings. The van der Waals surface area contributed by atoms with Gasteiger partial charge in [0.15, 0.2) is 5.65 Å². The summed E-state index contributed by atoms with van der Waals surface area (Å²) in [5.74, 6) is -0.211. The highest BCUT2D eigenvalue weighted by molar-refractivity contribution is 9.11. The summed E-state index contributed by atoms with van der Waals surface area (Å²) in [6, 6.07) is 10.8. The number of hydrogen-bond donors (Lipinski definition) is 0. The first-order valence-corrected chi connectivity index (χ1v) is 8.84. The Hall–Kier alpha value is -2.45. The number of halogens is 2. The number of rotatable bonds is 3. The average Bonchev–Trinajstić information content (AvgIpc) is 3.05. The lowest BCUT2D eigenvalue weighted by Gasteiger charge is -2.06. The highest BCUT2D eigenvalue weighted by Gasteiger charge is 2.18. The van der Waals surface area contributed by atoms with E-state index in [2.05, 4.69) is 51.9 Å². The molecule has 0 bridgehead atoms. The van der Waals surface area contributed by atoms with E-state index in [0.29, 0.717) is 26.1 Å². The molecule has 0 amide bonds. The van der Waals surface area contributed by atoms with Crippen molar-refractivity contribution in [3.63, 3.8) is 0 Å². The molecule has 8 heteroatoms. The summed E-state index contributed by atoms with van der Waals surface area (Å²) in [4.78, 5) is 25.4. The number of aromatic nitrogens is 5. The number of fused-ring (bicyclic) bond motifs is 1. The Kier molecular flexibility index (Phi) is 4.14. The van der Waals surface area contributed by atoms with E-state index in [9.17, 15) is 4.79 Å². The molecule has 25 heavy (non-hydrogen) atoms. The number of hydrogen-bond acceptors (Lipinski definition) is 5. The van der Waals surface area contributed by atoms with Crippen molar-refractivity contribution in [1.82, 2.24) is 24.6 Å². The molecule has 0 spiro atoms. The van der Waals surface area contributed by atoms with Gasteiger partial charge in [-0.2, -0.15) is 5.10 Å². The van der Waals surface area contributed by atoms with Crippen LogP contribution in [0.1, 0.15) is 16.1 Å². The molecule has 4 rings (SSSR count). The number of carbonyl (C=O) groups excluding carboxylic acids is 1. The van der Waals surface area contributed by atoms with Crippen molar-refractivity contribution in [3.05, 3.63) is 75.5 Å². The molecule has 0 unspecified atom stereocenters. The topological polar surface area (TPSA) is 73.0 Å². The fourth-order valence-electron chi connectivity index (χ4n) is 2.52. The Balaban J connectivity index is 1.88. The van der Waals surface area contributed by atoms with Gasteiger partial charge >= 0.3 is 0 Å². The third kappa shape index (κ3) is 2.98. The van der Waals surface area contributed by atoms with Crippen LogP contribution < -0.4 is 0 Å². The molecule has 122 valence electrons. The van der Waals surface area contributed by atoms with Crippen LogP contribution in [0.4, 0.5) is 0 Å². The molecule has 0 radical (unpaired) electrons. The first-order valence-electron chi connectivity index (χ1n) is 7.25. The lowest BCUT2D eigenvalue weighted by atomic mass is 10.1. The smallest absolute Gasteiger partial charge is 0.216 e. The van der Waals surface area contributed by atoms with Crippen molar-refractivity contribution in [2.75, 3.05) is 0 Å². The molecule has 0 aromatic carbocycles. The minimum atomic E-state index is -0.211. The van der Waals surface area contributed by atoms with Gasteiger partial charge in [0.2, 0.25) is 5.78 Å². The van der Waals surface area contributed by atoms with E-state index in [0.717, 1.165) is 11.3 Å². The van der Waals surface area contributed by atoms with Gasteiger partial charge in [0.05, 0.1) is 17.5 Å². The van der Waals surface area contributed by atoms with Crippen LogP contribution in [0.5, 0.6) is 0 Å². The molecule has 0 aliphatic carbocycles. The fourth-order valence-corrected chi connectivity index (χ4v) is 3.63. The van der Waals surface area contributed by atoms with Crippen LogP contribution in [0.25, 0.3) is 16.9 Å². The van der Waals surface area contributed by atoms with Crippen molar-refractivity contribution in [1.29, 1.82) is 0 Å². The van der Waals surface area contributed by atoms with Crippen LogP contribution >= 0.6 is 31.9 Å². The lowest BCUT2D eigenvalue weighted by Crippen LogP contribution is -2.04. The standard InChI is InChI=1S/C17H9Br2N5O/c18-14-7-10(8-15(19)23-14)13-4-6-21-17-11(9-22-24(13)17)16(25)12-3-1-2-5-20-12/h1-9H. The van der Waals surface area contributed by atoms with Crippen LogP contribution in [0.15, 0.2) is 64.2 Å². The SMILES string of the molecule is O=C(c1ccccn1)c1cnn2c(-c3cc(Br)nc(Br)c3)ccnc12. The van der Waals surface area contributed by atoms with Crippen molar-refractivity contribution in [2.45, 2.75) is 0 Å². The number of ketones is 1. The second-order valence-corrected chi connectivity index (χ2v) is 6.79. The van der Waals surface area contributed by atoms with Crippen molar-refractivity contribution in [3.8, 4) is 11.3 Å². The fraction of sp³-hybridized carbons (Fsp3) is 0. The molecule has 0 fully saturated rings. The van der Waals surface area contributed by atoms with Gasteiger partial charge < -0.3 is 0 Å². The summed E-state index contributed by atoms with van der Waals surface area (Å²) in [5, 5.41) is 4.36. The minimum Gasteiger partial charge on any atom is -0.287 e. The van der Waals surface area contributed by atoms with Crippen molar-refractivity contribution >= 4 is 43.3 Å². The maximum absolute atomic E-state index is 12.7. The predicted molar refractivity (Wildman–Crippen MR) is 99.3 cm³/mol. The third-order valence-corrected chi connectivity index (χ3v) is 4.41. The molecular weight excluding hydrogens is 450 g/mol. The maximum atomic E-state index is 12.7. The second kappa shape index (κ2) is 6.45. The molecule has 0 atom stereocenters. The third-order valence-electron chi connectivity index (χ3n) is 3.60. The zero-order valence-electron chi connectivity index (χ0n) is 12.6. The van der Waals surface area contributed by atoms with Crippen LogP contribution in [-0.2, 0) is 0 Å². The Morgan fingerprint density at radius 3 is 2.52 bits per heavy atom. The lowest BCUT2D eigenvalue weighted by molar-refractivity contribution is 0.103. The molecule has 0 saturated carbocycles. The molecule has 0 aliphatic heterocycles. The van der Waals surface area contributed by atoms with Gasteiger partial charge in [0, 0.05) is 18.0 Å². The summed E-state index contributed by atoms with van der Waals surface area (Å²) in [6.07, 6.45) is 4.77. The number of nitrogens with zero attached hydrogens (tertiary/aromatic N) is 5. The van der Waals surface area contributed by atoms with Crippen LogP contribution in [0.3, 0.4) is 0 Å². The summed E-state index contributed by atoms with van der Waals surface area (Å²) in [5.41, 5.74) is 2.94. The van der Waals surface area contributed by atoms with E-state index in [-0.39, 0.29) is 5.78 Å². The van der Waals surface area contributed by atoms with Crippen LogP contribution in [0, 0.1) is 0 Å². The van der Waals surface area contributed by atoms with Crippen molar-refractivity contribution < 1.29 is 4.79 Å². The maximum Gasteiger partial charge on any atom is 0.216 e. The second-order valence-electron chi connectivity index (χ2n) is 5.17. The van der Waals surface area contributed by atoms with E-state index in [4.69, 9.17) is 0 Å². The molecule has 0 aliphatic rings. The summed E-state index contributed by atoms with van der Waals surface area (Å²) in [6.45, 7) is 0. The first kappa shape index (κ1) is 16.0. The highest BCUT2D eigenvalue weighted by atomic mass is 79.9. The van der Waals surface area contributed by atoms with E-state index in [1.807, 2.05) is 18.2 Å². The van der Waals surface area contributed by atoms with Gasteiger partial charge in [-0.15, -0.1) is 0 Å². The normalized spacial score (nSPS) is 11.0. The Bertz CT molecular complexity index is 1070. The monoisotopic (exact) mass is 457 g/mol. The minimum absolute atomic E-state index is 0.211. The zero-order valence-corrected chi connectivity index (χ0v) is 15.8. The first-order chi connectivity index (χ1) is 12.1. The number of pyridine rings is 2. The summed E-state index contributed by atoms with van der Waals surface area (Å²) >= 11 is 6.77. The van der Waals surface area contributed by atoms with Gasteiger partial charge in [-0.05, 0) is 62.2 Å². The van der Waals surface area contributed by atoms with Gasteiger partial charge in [-0.25, -0.2) is 14.5 Å². The number of carbonyl (C=O) groups is 1. The summed E-state index contributed by atoms with van der Waals surface area (Å²) in [7, 11) is 0. The molecule has 4 aromatic heterocycles. The molecule has 0 saturated heterocycles. The van der Waals surface area contributed by atoms with E-state index < -0.39 is 0 Å². The molecule has 6 nitrogen and oxygen atoms in total. The van der Waals surface area contributed by atoms with Gasteiger partial charge in [-0.3, -0.25) is 9.78 Å². The van der Waals surface area contributed by atoms with E-state index >= 15 is 0 Å². The zero-order chi connectivity index (χ0) is 17.4. The predicted octanol–water partition coefficient (Wildman–Crippen LogP) is 3.94. The molecule has 0 N–H and O–H groups in total.